The van der Waals surface area contributed by atoms with Gasteiger partial charge in [0.2, 0.25) is 0 Å². The quantitative estimate of drug-likeness (QED) is 0.866. The third-order valence-corrected chi connectivity index (χ3v) is 4.53. The topological polar surface area (TPSA) is 49.0 Å². The number of fused-ring (bicyclic) bond motifs is 1. The molecule has 0 bridgehead atoms. The zero-order chi connectivity index (χ0) is 14.3. The van der Waals surface area contributed by atoms with Gasteiger partial charge in [-0.25, -0.2) is 0 Å². The molecule has 0 spiro atoms. The van der Waals surface area contributed by atoms with Crippen LogP contribution in [0.1, 0.15) is 37.7 Å². The Morgan fingerprint density at radius 1 is 1.30 bits per heavy atom. The molecule has 0 aliphatic carbocycles. The number of benzene rings is 1. The van der Waals surface area contributed by atoms with Gasteiger partial charge in [0.1, 0.15) is 0 Å². The third-order valence-electron chi connectivity index (χ3n) is 4.53. The number of H-pyrrole nitrogens is 1. The van der Waals surface area contributed by atoms with E-state index in [0.29, 0.717) is 17.5 Å². The van der Waals surface area contributed by atoms with Gasteiger partial charge in [0, 0.05) is 18.0 Å². The molecule has 3 rings (SSSR count). The number of piperidine rings is 1. The van der Waals surface area contributed by atoms with Crippen molar-refractivity contribution in [1.29, 1.82) is 0 Å². The van der Waals surface area contributed by atoms with Crippen molar-refractivity contribution >= 4 is 16.8 Å². The minimum atomic E-state index is 0.0494. The molecule has 20 heavy (non-hydrogen) atoms. The highest BCUT2D eigenvalue weighted by molar-refractivity contribution is 6.04. The number of likely N-dealkylation sites (tertiary alicyclic amines) is 1. The summed E-state index contributed by atoms with van der Waals surface area (Å²) in [5, 5.41) is 8.10. The molecule has 1 N–H and O–H groups in total. The molecule has 4 nitrogen and oxygen atoms in total. The van der Waals surface area contributed by atoms with Crippen LogP contribution in [-0.2, 0) is 0 Å². The van der Waals surface area contributed by atoms with Crippen LogP contribution in [0.15, 0.2) is 24.3 Å². The summed E-state index contributed by atoms with van der Waals surface area (Å²) < 4.78 is 0. The second-order valence-electron chi connectivity index (χ2n) is 6.13. The highest BCUT2D eigenvalue weighted by Gasteiger charge is 2.33. The summed E-state index contributed by atoms with van der Waals surface area (Å²) in [6.45, 7) is 7.41. The number of carbonyl (C=O) groups excluding carboxylic acids is 1. The Bertz CT molecular complexity index is 633. The van der Waals surface area contributed by atoms with Crippen molar-refractivity contribution < 1.29 is 4.79 Å². The number of para-hydroxylation sites is 1. The maximum Gasteiger partial charge on any atom is 0.275 e. The summed E-state index contributed by atoms with van der Waals surface area (Å²) in [7, 11) is 0. The molecule has 1 aromatic heterocycles. The zero-order valence-electron chi connectivity index (χ0n) is 12.3. The largest absolute Gasteiger partial charge is 0.334 e. The van der Waals surface area contributed by atoms with E-state index in [9.17, 15) is 4.79 Å². The summed E-state index contributed by atoms with van der Waals surface area (Å²) in [6.07, 6.45) is 1.19. The van der Waals surface area contributed by atoms with E-state index in [4.69, 9.17) is 0 Å². The first-order chi connectivity index (χ1) is 9.58. The van der Waals surface area contributed by atoms with Gasteiger partial charge in [-0.2, -0.15) is 5.10 Å². The molecule has 1 fully saturated rings. The minimum absolute atomic E-state index is 0.0494. The Labute approximate surface area is 119 Å². The third kappa shape index (κ3) is 2.09. The lowest BCUT2D eigenvalue weighted by Crippen LogP contribution is -2.49. The van der Waals surface area contributed by atoms with Crippen molar-refractivity contribution in [3.63, 3.8) is 0 Å². The Hall–Kier alpha value is -1.84. The van der Waals surface area contributed by atoms with Gasteiger partial charge in [0.05, 0.1) is 5.52 Å². The fraction of sp³-hybridized carbons (Fsp3) is 0.500. The van der Waals surface area contributed by atoms with Gasteiger partial charge in [-0.05, 0) is 31.2 Å². The molecular formula is C16H21N3O. The van der Waals surface area contributed by atoms with Crippen LogP contribution in [0.25, 0.3) is 10.9 Å². The van der Waals surface area contributed by atoms with Gasteiger partial charge < -0.3 is 4.90 Å². The monoisotopic (exact) mass is 271 g/mol. The average molecular weight is 271 g/mol. The normalized spacial score (nSPS) is 26.9. The molecule has 2 heterocycles. The lowest BCUT2D eigenvalue weighted by atomic mass is 9.86. The molecule has 0 radical (unpaired) electrons. The molecule has 1 amide bonds. The highest BCUT2D eigenvalue weighted by atomic mass is 16.2. The minimum Gasteiger partial charge on any atom is -0.334 e. The number of hydrogen-bond acceptors (Lipinski definition) is 2. The van der Waals surface area contributed by atoms with E-state index in [1.54, 1.807) is 0 Å². The van der Waals surface area contributed by atoms with E-state index in [-0.39, 0.29) is 11.9 Å². The van der Waals surface area contributed by atoms with Gasteiger partial charge in [-0.15, -0.1) is 0 Å². The molecule has 1 aliphatic rings. The predicted molar refractivity (Wildman–Crippen MR) is 79.5 cm³/mol. The number of nitrogens with zero attached hydrogens (tertiary/aromatic N) is 2. The number of rotatable bonds is 1. The Kier molecular flexibility index (Phi) is 3.24. The number of aromatic nitrogens is 2. The summed E-state index contributed by atoms with van der Waals surface area (Å²) in [6, 6.07) is 8.06. The maximum atomic E-state index is 12.8. The van der Waals surface area contributed by atoms with Gasteiger partial charge >= 0.3 is 0 Å². The van der Waals surface area contributed by atoms with E-state index in [1.807, 2.05) is 29.2 Å². The second-order valence-corrected chi connectivity index (χ2v) is 6.13. The molecule has 2 aromatic rings. The smallest absolute Gasteiger partial charge is 0.275 e. The number of amides is 1. The second kappa shape index (κ2) is 4.93. The molecule has 3 unspecified atom stereocenters. The number of nitrogens with one attached hydrogen (secondary N) is 1. The Morgan fingerprint density at radius 2 is 2.05 bits per heavy atom. The average Bonchev–Trinajstić information content (AvgIpc) is 2.86. The zero-order valence-corrected chi connectivity index (χ0v) is 12.3. The van der Waals surface area contributed by atoms with Gasteiger partial charge in [-0.3, -0.25) is 9.89 Å². The Balaban J connectivity index is 1.95. The first-order valence-corrected chi connectivity index (χ1v) is 7.32. The highest BCUT2D eigenvalue weighted by Crippen LogP contribution is 2.29. The van der Waals surface area contributed by atoms with Gasteiger partial charge in [0.25, 0.3) is 5.91 Å². The predicted octanol–water partition coefficient (Wildman–Crippen LogP) is 3.07. The molecule has 106 valence electrons. The molecule has 1 aromatic carbocycles. The van der Waals surface area contributed by atoms with Crippen molar-refractivity contribution in [2.75, 3.05) is 6.54 Å². The standard InChI is InChI=1S/C16H21N3O/c1-10-8-11(2)12(3)19(9-10)16(20)15-13-6-4-5-7-14(13)17-18-15/h4-7,10-12H,8-9H2,1-3H3,(H,17,18). The lowest BCUT2D eigenvalue weighted by Gasteiger charge is -2.40. The summed E-state index contributed by atoms with van der Waals surface area (Å²) >= 11 is 0. The summed E-state index contributed by atoms with van der Waals surface area (Å²) in [5.41, 5.74) is 1.47. The van der Waals surface area contributed by atoms with E-state index >= 15 is 0 Å². The summed E-state index contributed by atoms with van der Waals surface area (Å²) in [4.78, 5) is 14.8. The van der Waals surface area contributed by atoms with Crippen LogP contribution in [0.5, 0.6) is 0 Å². The molecule has 0 saturated carbocycles. The van der Waals surface area contributed by atoms with Crippen LogP contribution in [0.2, 0.25) is 0 Å². The van der Waals surface area contributed by atoms with E-state index < -0.39 is 0 Å². The fourth-order valence-electron chi connectivity index (χ4n) is 3.25. The SMILES string of the molecule is CC1CC(C)C(C)N(C(=O)c2n[nH]c3ccccc23)C1. The van der Waals surface area contributed by atoms with Crippen LogP contribution in [0, 0.1) is 11.8 Å². The number of aromatic amines is 1. The molecular weight excluding hydrogens is 250 g/mol. The lowest BCUT2D eigenvalue weighted by molar-refractivity contribution is 0.0452. The molecule has 4 heteroatoms. The van der Waals surface area contributed by atoms with Crippen molar-refractivity contribution in [3.8, 4) is 0 Å². The van der Waals surface area contributed by atoms with Crippen LogP contribution in [-0.4, -0.2) is 33.6 Å². The molecule has 3 atom stereocenters. The Morgan fingerprint density at radius 3 is 2.85 bits per heavy atom. The van der Waals surface area contributed by atoms with Crippen LogP contribution < -0.4 is 0 Å². The molecule has 1 saturated heterocycles. The van der Waals surface area contributed by atoms with Crippen molar-refractivity contribution in [1.82, 2.24) is 15.1 Å². The maximum absolute atomic E-state index is 12.8. The van der Waals surface area contributed by atoms with E-state index in [2.05, 4.69) is 31.0 Å². The molecule has 1 aliphatic heterocycles. The van der Waals surface area contributed by atoms with Crippen LogP contribution in [0.3, 0.4) is 0 Å². The van der Waals surface area contributed by atoms with E-state index in [0.717, 1.165) is 17.4 Å². The number of carbonyl (C=O) groups is 1. The fourth-order valence-corrected chi connectivity index (χ4v) is 3.25. The van der Waals surface area contributed by atoms with Crippen LogP contribution in [0.4, 0.5) is 0 Å². The summed E-state index contributed by atoms with van der Waals surface area (Å²) in [5.74, 6) is 1.14. The van der Waals surface area contributed by atoms with E-state index in [1.165, 1.54) is 6.42 Å². The van der Waals surface area contributed by atoms with Crippen LogP contribution >= 0.6 is 0 Å². The van der Waals surface area contributed by atoms with Gasteiger partial charge in [0.15, 0.2) is 5.69 Å². The van der Waals surface area contributed by atoms with Crippen molar-refractivity contribution in [2.24, 2.45) is 11.8 Å². The van der Waals surface area contributed by atoms with Gasteiger partial charge in [-0.1, -0.05) is 32.0 Å². The number of hydrogen-bond donors (Lipinski definition) is 1. The first-order valence-electron chi connectivity index (χ1n) is 7.32. The van der Waals surface area contributed by atoms with Crippen molar-refractivity contribution in [2.45, 2.75) is 33.2 Å². The van der Waals surface area contributed by atoms with Crippen molar-refractivity contribution in [3.05, 3.63) is 30.0 Å². The first kappa shape index (κ1) is 13.2.